The number of fused-ring (bicyclic) bond motifs is 1. The summed E-state index contributed by atoms with van der Waals surface area (Å²) in [5.41, 5.74) is 0. The number of hydrogen-bond acceptors (Lipinski definition) is 2. The molecule has 2 nitrogen and oxygen atoms in total. The Hall–Kier alpha value is -1.57. The standard InChI is InChI=1S/C12H13NO/c1-9(2)14-12-5-3-4-10-8-13-7-6-11(10)12/h3-9H,1-2H3. The van der Waals surface area contributed by atoms with Gasteiger partial charge in [0.15, 0.2) is 0 Å². The van der Waals surface area contributed by atoms with Gasteiger partial charge in [-0.05, 0) is 26.0 Å². The molecule has 2 aromatic rings. The monoisotopic (exact) mass is 187 g/mol. The molecule has 0 spiro atoms. The van der Waals surface area contributed by atoms with Crippen molar-refractivity contribution in [2.75, 3.05) is 0 Å². The molecule has 0 bridgehead atoms. The van der Waals surface area contributed by atoms with E-state index in [1.807, 2.05) is 44.3 Å². The Labute approximate surface area is 83.5 Å². The minimum absolute atomic E-state index is 0.203. The molecule has 0 radical (unpaired) electrons. The average Bonchev–Trinajstić information content (AvgIpc) is 2.18. The molecule has 0 amide bonds. The van der Waals surface area contributed by atoms with Crippen molar-refractivity contribution in [3.05, 3.63) is 36.7 Å². The summed E-state index contributed by atoms with van der Waals surface area (Å²) in [4.78, 5) is 4.08. The quantitative estimate of drug-likeness (QED) is 0.721. The number of pyridine rings is 1. The Morgan fingerprint density at radius 1 is 1.21 bits per heavy atom. The summed E-state index contributed by atoms with van der Waals surface area (Å²) in [6, 6.07) is 7.99. The van der Waals surface area contributed by atoms with Gasteiger partial charge in [-0.15, -0.1) is 0 Å². The van der Waals surface area contributed by atoms with Crippen molar-refractivity contribution in [3.63, 3.8) is 0 Å². The van der Waals surface area contributed by atoms with Gasteiger partial charge >= 0.3 is 0 Å². The van der Waals surface area contributed by atoms with Crippen molar-refractivity contribution >= 4 is 10.8 Å². The molecule has 0 saturated heterocycles. The van der Waals surface area contributed by atoms with Gasteiger partial charge in [0.2, 0.25) is 0 Å². The molecule has 0 aliphatic carbocycles. The van der Waals surface area contributed by atoms with Crippen molar-refractivity contribution in [2.24, 2.45) is 0 Å². The lowest BCUT2D eigenvalue weighted by Crippen LogP contribution is -2.05. The fraction of sp³-hybridized carbons (Fsp3) is 0.250. The van der Waals surface area contributed by atoms with Crippen LogP contribution in [0.5, 0.6) is 5.75 Å². The fourth-order valence-corrected chi connectivity index (χ4v) is 1.45. The van der Waals surface area contributed by atoms with E-state index in [-0.39, 0.29) is 6.10 Å². The van der Waals surface area contributed by atoms with Crippen LogP contribution >= 0.6 is 0 Å². The van der Waals surface area contributed by atoms with E-state index in [1.165, 1.54) is 0 Å². The normalized spacial score (nSPS) is 10.8. The average molecular weight is 187 g/mol. The maximum absolute atomic E-state index is 5.70. The number of benzene rings is 1. The van der Waals surface area contributed by atoms with E-state index in [1.54, 1.807) is 6.20 Å². The summed E-state index contributed by atoms with van der Waals surface area (Å²) in [7, 11) is 0. The van der Waals surface area contributed by atoms with Crippen molar-refractivity contribution in [3.8, 4) is 5.75 Å². The molecular weight excluding hydrogens is 174 g/mol. The Kier molecular flexibility index (Phi) is 2.35. The zero-order valence-electron chi connectivity index (χ0n) is 8.40. The first-order valence-electron chi connectivity index (χ1n) is 4.77. The van der Waals surface area contributed by atoms with Gasteiger partial charge in [0.1, 0.15) is 5.75 Å². The Morgan fingerprint density at radius 3 is 2.86 bits per heavy atom. The van der Waals surface area contributed by atoms with Gasteiger partial charge in [-0.25, -0.2) is 0 Å². The third-order valence-corrected chi connectivity index (χ3v) is 2.00. The molecule has 2 heteroatoms. The lowest BCUT2D eigenvalue weighted by Gasteiger charge is -2.11. The van der Waals surface area contributed by atoms with Crippen LogP contribution in [0.1, 0.15) is 13.8 Å². The zero-order chi connectivity index (χ0) is 9.97. The minimum Gasteiger partial charge on any atom is -0.490 e. The van der Waals surface area contributed by atoms with E-state index >= 15 is 0 Å². The van der Waals surface area contributed by atoms with Crippen LogP contribution in [0.15, 0.2) is 36.7 Å². The molecule has 0 fully saturated rings. The van der Waals surface area contributed by atoms with Gasteiger partial charge in [0.05, 0.1) is 6.10 Å². The molecule has 14 heavy (non-hydrogen) atoms. The highest BCUT2D eigenvalue weighted by molar-refractivity contribution is 5.87. The predicted octanol–water partition coefficient (Wildman–Crippen LogP) is 3.02. The molecule has 0 aliphatic heterocycles. The Balaban J connectivity index is 2.53. The molecule has 0 unspecified atom stereocenters. The molecule has 1 aromatic heterocycles. The number of hydrogen-bond donors (Lipinski definition) is 0. The van der Waals surface area contributed by atoms with Crippen LogP contribution in [-0.2, 0) is 0 Å². The van der Waals surface area contributed by atoms with E-state index in [0.717, 1.165) is 16.5 Å². The highest BCUT2D eigenvalue weighted by Crippen LogP contribution is 2.25. The molecular formula is C12H13NO. The maximum Gasteiger partial charge on any atom is 0.127 e. The van der Waals surface area contributed by atoms with Crippen molar-refractivity contribution in [1.82, 2.24) is 4.98 Å². The summed E-state index contributed by atoms with van der Waals surface area (Å²) < 4.78 is 5.70. The number of ether oxygens (including phenoxy) is 1. The van der Waals surface area contributed by atoms with Crippen LogP contribution in [0, 0.1) is 0 Å². The van der Waals surface area contributed by atoms with Crippen LogP contribution < -0.4 is 4.74 Å². The van der Waals surface area contributed by atoms with Crippen molar-refractivity contribution < 1.29 is 4.74 Å². The Morgan fingerprint density at radius 2 is 2.07 bits per heavy atom. The van der Waals surface area contributed by atoms with Crippen molar-refractivity contribution in [2.45, 2.75) is 20.0 Å². The van der Waals surface area contributed by atoms with E-state index < -0.39 is 0 Å². The molecule has 0 atom stereocenters. The third kappa shape index (κ3) is 1.69. The van der Waals surface area contributed by atoms with E-state index in [0.29, 0.717) is 0 Å². The Bertz CT molecular complexity index is 432. The fourth-order valence-electron chi connectivity index (χ4n) is 1.45. The largest absolute Gasteiger partial charge is 0.490 e. The van der Waals surface area contributed by atoms with Gasteiger partial charge in [-0.1, -0.05) is 12.1 Å². The first kappa shape index (κ1) is 9.00. The minimum atomic E-state index is 0.203. The van der Waals surface area contributed by atoms with Crippen LogP contribution in [0.3, 0.4) is 0 Å². The second kappa shape index (κ2) is 3.66. The van der Waals surface area contributed by atoms with E-state index in [2.05, 4.69) is 4.98 Å². The lowest BCUT2D eigenvalue weighted by atomic mass is 10.1. The molecule has 0 aliphatic rings. The van der Waals surface area contributed by atoms with Crippen LogP contribution in [0.4, 0.5) is 0 Å². The smallest absolute Gasteiger partial charge is 0.127 e. The number of nitrogens with zero attached hydrogens (tertiary/aromatic N) is 1. The van der Waals surface area contributed by atoms with E-state index in [9.17, 15) is 0 Å². The lowest BCUT2D eigenvalue weighted by molar-refractivity contribution is 0.245. The summed E-state index contributed by atoms with van der Waals surface area (Å²) in [5.74, 6) is 0.930. The number of rotatable bonds is 2. The van der Waals surface area contributed by atoms with Crippen molar-refractivity contribution in [1.29, 1.82) is 0 Å². The summed E-state index contributed by atoms with van der Waals surface area (Å²) >= 11 is 0. The second-order valence-electron chi connectivity index (χ2n) is 3.52. The summed E-state index contributed by atoms with van der Waals surface area (Å²) in [5, 5.41) is 2.24. The molecule has 0 N–H and O–H groups in total. The van der Waals surface area contributed by atoms with Gasteiger partial charge < -0.3 is 4.74 Å². The molecule has 72 valence electrons. The molecule has 1 heterocycles. The second-order valence-corrected chi connectivity index (χ2v) is 3.52. The van der Waals surface area contributed by atoms with Crippen LogP contribution in [-0.4, -0.2) is 11.1 Å². The van der Waals surface area contributed by atoms with Gasteiger partial charge in [-0.2, -0.15) is 0 Å². The SMILES string of the molecule is CC(C)Oc1cccc2cnccc12. The molecule has 2 rings (SSSR count). The first-order valence-corrected chi connectivity index (χ1v) is 4.77. The molecule has 1 aromatic carbocycles. The predicted molar refractivity (Wildman–Crippen MR) is 57.5 cm³/mol. The topological polar surface area (TPSA) is 22.1 Å². The summed E-state index contributed by atoms with van der Waals surface area (Å²) in [6.45, 7) is 4.06. The van der Waals surface area contributed by atoms with Gasteiger partial charge in [0.25, 0.3) is 0 Å². The first-order chi connectivity index (χ1) is 6.77. The number of aromatic nitrogens is 1. The van der Waals surface area contributed by atoms with E-state index in [4.69, 9.17) is 4.74 Å². The third-order valence-electron chi connectivity index (χ3n) is 2.00. The van der Waals surface area contributed by atoms with Crippen LogP contribution in [0.25, 0.3) is 10.8 Å². The summed E-state index contributed by atoms with van der Waals surface area (Å²) in [6.07, 6.45) is 3.84. The highest BCUT2D eigenvalue weighted by Gasteiger charge is 2.02. The highest BCUT2D eigenvalue weighted by atomic mass is 16.5. The maximum atomic E-state index is 5.70. The van der Waals surface area contributed by atoms with Gasteiger partial charge in [0, 0.05) is 23.2 Å². The zero-order valence-corrected chi connectivity index (χ0v) is 8.40. The van der Waals surface area contributed by atoms with Gasteiger partial charge in [-0.3, -0.25) is 4.98 Å². The van der Waals surface area contributed by atoms with Crippen LogP contribution in [0.2, 0.25) is 0 Å². The molecule has 0 saturated carbocycles.